The molecule has 30 nitrogen and oxygen atoms in total. The maximum absolute atomic E-state index is 15.5. The molecule has 0 aliphatic carbocycles. The average Bonchev–Trinajstić information content (AvgIpc) is 3.53. The van der Waals surface area contributed by atoms with Gasteiger partial charge in [0.2, 0.25) is 34.5 Å². The van der Waals surface area contributed by atoms with E-state index >= 15 is 9.59 Å². The summed E-state index contributed by atoms with van der Waals surface area (Å²) in [6.07, 6.45) is -19.3. The number of aliphatic hydroxyl groups is 4. The first kappa shape index (κ1) is 49.8. The van der Waals surface area contributed by atoms with Gasteiger partial charge in [-0.2, -0.15) is 0 Å². The van der Waals surface area contributed by atoms with Gasteiger partial charge in [0.1, 0.15) is 24.9 Å². The number of benzene rings is 5. The summed E-state index contributed by atoms with van der Waals surface area (Å²) in [5, 5.41) is 214. The van der Waals surface area contributed by atoms with Gasteiger partial charge < -0.3 is 125 Å². The van der Waals surface area contributed by atoms with Crippen LogP contribution in [0.4, 0.5) is 0 Å². The fraction of sp³-hybridized carbons (Fsp3) is 0.239. The molecule has 0 radical (unpaired) electrons. The first-order valence-electron chi connectivity index (χ1n) is 21.5. The topological polar surface area (TPSA) is 525 Å². The number of rotatable bonds is 1. The van der Waals surface area contributed by atoms with E-state index in [4.69, 9.17) is 28.4 Å². The Morgan fingerprint density at radius 3 is 1.32 bits per heavy atom. The fourth-order valence-corrected chi connectivity index (χ4v) is 9.99. The van der Waals surface area contributed by atoms with E-state index in [1.54, 1.807) is 0 Å². The summed E-state index contributed by atoms with van der Waals surface area (Å²) in [6, 6.07) is 0.916. The Morgan fingerprint density at radius 1 is 0.395 bits per heavy atom. The quantitative estimate of drug-likeness (QED) is 0.0553. The molecule has 30 heteroatoms. The zero-order chi connectivity index (χ0) is 55.4. The third kappa shape index (κ3) is 6.61. The number of cyclic esters (lactones) is 1. The Bertz CT molecular complexity index is 3510. The number of fused-ring (bicyclic) bond motifs is 7. The minimum atomic E-state index is -3.72. The molecular weight excluding hydrogens is 1030 g/mol. The van der Waals surface area contributed by atoms with Gasteiger partial charge in [0.05, 0.1) is 40.3 Å². The molecule has 6 bridgehead atoms. The highest BCUT2D eigenvalue weighted by Crippen LogP contribution is 2.63. The molecule has 5 aromatic carbocycles. The normalized spacial score (nSPS) is 25.7. The second-order valence-electron chi connectivity index (χ2n) is 17.6. The smallest absolute Gasteiger partial charge is 0.340 e. The highest BCUT2D eigenvalue weighted by molar-refractivity contribution is 6.16. The first-order valence-corrected chi connectivity index (χ1v) is 21.5. The van der Waals surface area contributed by atoms with Crippen molar-refractivity contribution in [3.05, 3.63) is 51.6 Å². The van der Waals surface area contributed by atoms with Crippen LogP contribution < -0.4 is 0 Å². The van der Waals surface area contributed by atoms with Crippen molar-refractivity contribution in [2.75, 3.05) is 13.2 Å². The maximum atomic E-state index is 15.5. The summed E-state index contributed by atoms with van der Waals surface area (Å²) in [5.41, 5.74) is -16.3. The van der Waals surface area contributed by atoms with Crippen LogP contribution in [0.25, 0.3) is 33.4 Å². The molecule has 2 unspecified atom stereocenters. The molecule has 1 fully saturated rings. The number of aromatic hydroxyl groups is 15. The number of carbonyl (C=O) groups is 5. The van der Waals surface area contributed by atoms with Gasteiger partial charge in [-0.1, -0.05) is 0 Å². The maximum Gasteiger partial charge on any atom is 0.340 e. The molecule has 0 amide bonds. The molecule has 11 rings (SSSR count). The molecule has 0 spiro atoms. The lowest BCUT2D eigenvalue weighted by Crippen LogP contribution is -2.68. The summed E-state index contributed by atoms with van der Waals surface area (Å²) in [5.74, 6) is -40.7. The molecule has 9 atom stereocenters. The van der Waals surface area contributed by atoms with Crippen LogP contribution in [0.1, 0.15) is 63.3 Å². The molecule has 76 heavy (non-hydrogen) atoms. The van der Waals surface area contributed by atoms with E-state index in [1.165, 1.54) is 0 Å². The average molecular weight is 1070 g/mol. The monoisotopic (exact) mass is 1070 g/mol. The van der Waals surface area contributed by atoms with E-state index < -0.39 is 250 Å². The van der Waals surface area contributed by atoms with Crippen LogP contribution in [-0.2, 0) is 28.4 Å². The molecule has 0 saturated carbocycles. The molecule has 6 aliphatic rings. The Hall–Kier alpha value is -9.75. The number of hydrogen-bond donors (Lipinski definition) is 19. The van der Waals surface area contributed by atoms with E-state index in [9.17, 15) is 111 Å². The highest BCUT2D eigenvalue weighted by atomic mass is 16.7. The second kappa shape index (κ2) is 16.6. The Labute approximate surface area is 417 Å². The van der Waals surface area contributed by atoms with Crippen molar-refractivity contribution < 1.29 is 149 Å². The van der Waals surface area contributed by atoms with E-state index in [0.717, 1.165) is 0 Å². The third-order valence-corrected chi connectivity index (χ3v) is 13.6. The SMILES string of the molecule is O=C1OC[C@H]2OC(=O)c3cc(O)c(O)c(O)c3-c3c(O)c(O)c(O)c4c3C(=O)O[C@@H](C2OC(=O)c2cc(O)c(O)c(O)c2-c2c1cc(O)c(O)c2O)[C@H]1OC(=O)c2c-4c(O)c(O)c(O)c2C1[C@]1(O)OC[C@@H](O)[C@H](O)[C@@H]1O. The molecule has 0 aromatic heterocycles. The molecule has 5 aromatic rings. The minimum absolute atomic E-state index is 0.271. The van der Waals surface area contributed by atoms with Crippen LogP contribution in [0.5, 0.6) is 86.2 Å². The van der Waals surface area contributed by atoms with Crippen LogP contribution in [0.2, 0.25) is 0 Å². The summed E-state index contributed by atoms with van der Waals surface area (Å²) in [7, 11) is 0. The number of aliphatic hydroxyl groups excluding tert-OH is 3. The van der Waals surface area contributed by atoms with Crippen LogP contribution in [0, 0.1) is 0 Å². The van der Waals surface area contributed by atoms with Crippen molar-refractivity contribution in [3.63, 3.8) is 0 Å². The summed E-state index contributed by atoms with van der Waals surface area (Å²) >= 11 is 0. The van der Waals surface area contributed by atoms with Gasteiger partial charge in [-0.25, -0.2) is 24.0 Å². The largest absolute Gasteiger partial charge is 0.504 e. The van der Waals surface area contributed by atoms with Crippen molar-refractivity contribution in [1.29, 1.82) is 0 Å². The molecule has 6 heterocycles. The van der Waals surface area contributed by atoms with Gasteiger partial charge >= 0.3 is 29.8 Å². The van der Waals surface area contributed by atoms with E-state index in [-0.39, 0.29) is 12.1 Å². The van der Waals surface area contributed by atoms with Crippen LogP contribution in [0.15, 0.2) is 18.2 Å². The first-order chi connectivity index (χ1) is 35.7. The molecule has 6 aliphatic heterocycles. The van der Waals surface area contributed by atoms with Gasteiger partial charge in [-0.15, -0.1) is 0 Å². The number of esters is 5. The summed E-state index contributed by atoms with van der Waals surface area (Å²) in [6.45, 7) is -2.84. The third-order valence-electron chi connectivity index (χ3n) is 13.6. The number of carbonyl (C=O) groups excluding carboxylic acids is 5. The van der Waals surface area contributed by atoms with Crippen molar-refractivity contribution in [3.8, 4) is 120 Å². The van der Waals surface area contributed by atoms with E-state index in [1.807, 2.05) is 0 Å². The Morgan fingerprint density at radius 2 is 0.789 bits per heavy atom. The van der Waals surface area contributed by atoms with Crippen LogP contribution in [0.3, 0.4) is 0 Å². The Balaban J connectivity index is 1.39. The second-order valence-corrected chi connectivity index (χ2v) is 17.6. The van der Waals surface area contributed by atoms with Gasteiger partial charge in [0, 0.05) is 38.9 Å². The van der Waals surface area contributed by atoms with E-state index in [0.29, 0.717) is 6.07 Å². The van der Waals surface area contributed by atoms with E-state index in [2.05, 4.69) is 0 Å². The predicted octanol–water partition coefficient (Wildman–Crippen LogP) is -0.830. The van der Waals surface area contributed by atoms with Crippen molar-refractivity contribution >= 4 is 29.8 Å². The number of phenolic OH excluding ortho intramolecular Hbond substituents is 15. The lowest BCUT2D eigenvalue weighted by molar-refractivity contribution is -0.341. The van der Waals surface area contributed by atoms with Gasteiger partial charge in [-0.05, 0) is 18.2 Å². The standard InChI is InChI=1S/C46H34O30/c47-9-1-6-14(28(55)24(9)51)15-7(2-10(48)25(52)29(15)56)43(67)74-37-13(5-71-41(6)65)73-42(66)8-3-11(49)26(53)30(57)16(8)17-20-18(32(59)35(62)31(17)58)19-21-22(34(61)36(63)33(19)60)23(38(75-45(21)69)39(37)76-44(20)68)46(70)40(64)27(54)12(50)4-72-46/h1-3,12-13,23,27,37-40,47-64,70H,4-5H2/t12-,13-,23?,27+,37?,38+,39+,40+,46+/m1/s1. The number of phenols is 15. The molecule has 19 N–H and O–H groups in total. The fourth-order valence-electron chi connectivity index (χ4n) is 9.99. The summed E-state index contributed by atoms with van der Waals surface area (Å²) in [4.78, 5) is 74.4. The van der Waals surface area contributed by atoms with Gasteiger partial charge in [0.15, 0.2) is 81.9 Å². The number of ether oxygens (including phenoxy) is 6. The number of hydrogen-bond acceptors (Lipinski definition) is 30. The van der Waals surface area contributed by atoms with Crippen molar-refractivity contribution in [2.24, 2.45) is 0 Å². The molecule has 398 valence electrons. The molecule has 1 saturated heterocycles. The van der Waals surface area contributed by atoms with Crippen molar-refractivity contribution in [1.82, 2.24) is 0 Å². The highest BCUT2D eigenvalue weighted by Gasteiger charge is 2.65. The van der Waals surface area contributed by atoms with Crippen LogP contribution >= 0.6 is 0 Å². The minimum Gasteiger partial charge on any atom is -0.504 e. The molecular formula is C46H34O30. The Kier molecular flexibility index (Phi) is 10.9. The lowest BCUT2D eigenvalue weighted by Gasteiger charge is -2.51. The van der Waals surface area contributed by atoms with Gasteiger partial charge in [-0.3, -0.25) is 0 Å². The zero-order valence-electron chi connectivity index (χ0n) is 37.3. The lowest BCUT2D eigenvalue weighted by atomic mass is 9.71. The summed E-state index contributed by atoms with van der Waals surface area (Å²) < 4.78 is 34.0. The predicted molar refractivity (Wildman–Crippen MR) is 233 cm³/mol. The van der Waals surface area contributed by atoms with Crippen molar-refractivity contribution in [2.45, 2.75) is 54.4 Å². The van der Waals surface area contributed by atoms with Gasteiger partial charge in [0.25, 0.3) is 0 Å². The zero-order valence-corrected chi connectivity index (χ0v) is 37.3. The van der Waals surface area contributed by atoms with Crippen LogP contribution in [-0.4, -0.2) is 189 Å².